The molecule has 0 aliphatic rings. The fourth-order valence-electron chi connectivity index (χ4n) is 1.83. The molecule has 0 aliphatic carbocycles. The molecule has 1 aromatic carbocycles. The second kappa shape index (κ2) is 5.75. The van der Waals surface area contributed by atoms with E-state index < -0.39 is 0 Å². The van der Waals surface area contributed by atoms with Crippen molar-refractivity contribution in [1.29, 1.82) is 0 Å². The predicted octanol–water partition coefficient (Wildman–Crippen LogP) is 1.70. The molecule has 102 valence electrons. The number of ether oxygens (including phenoxy) is 1. The van der Waals surface area contributed by atoms with Crippen LogP contribution in [0.2, 0.25) is 0 Å². The normalized spacial score (nSPS) is 10.9. The van der Waals surface area contributed by atoms with Crippen LogP contribution in [0.4, 0.5) is 5.82 Å². The van der Waals surface area contributed by atoms with E-state index in [1.807, 2.05) is 49.1 Å². The Hall–Kier alpha value is -2.01. The van der Waals surface area contributed by atoms with Gasteiger partial charge in [0.25, 0.3) is 0 Å². The largest absolute Gasteiger partial charge is 0.497 e. The van der Waals surface area contributed by atoms with Gasteiger partial charge in [0.2, 0.25) is 0 Å². The van der Waals surface area contributed by atoms with Crippen LogP contribution in [0, 0.1) is 0 Å². The maximum atomic E-state index is 5.99. The van der Waals surface area contributed by atoms with Crippen molar-refractivity contribution in [3.05, 3.63) is 30.3 Å². The van der Waals surface area contributed by atoms with Gasteiger partial charge < -0.3 is 15.4 Å². The van der Waals surface area contributed by atoms with E-state index in [9.17, 15) is 0 Å². The monoisotopic (exact) mass is 260 g/mol. The van der Waals surface area contributed by atoms with Gasteiger partial charge in [-0.15, -0.1) is 0 Å². The van der Waals surface area contributed by atoms with E-state index in [1.54, 1.807) is 7.11 Å². The highest BCUT2D eigenvalue weighted by molar-refractivity contribution is 5.63. The van der Waals surface area contributed by atoms with Crippen molar-refractivity contribution in [2.24, 2.45) is 0 Å². The highest BCUT2D eigenvalue weighted by atomic mass is 16.5. The van der Waals surface area contributed by atoms with E-state index in [-0.39, 0.29) is 0 Å². The highest BCUT2D eigenvalue weighted by Gasteiger charge is 2.08. The van der Waals surface area contributed by atoms with Crippen molar-refractivity contribution < 1.29 is 4.74 Å². The van der Waals surface area contributed by atoms with Crippen LogP contribution >= 0.6 is 0 Å². The van der Waals surface area contributed by atoms with Crippen LogP contribution in [0.5, 0.6) is 5.75 Å². The number of hydrogen-bond acceptors (Lipinski definition) is 4. The molecule has 0 atom stereocenters. The lowest BCUT2D eigenvalue weighted by molar-refractivity contribution is 0.375. The summed E-state index contributed by atoms with van der Waals surface area (Å²) in [6, 6.07) is 9.71. The Morgan fingerprint density at radius 3 is 2.79 bits per heavy atom. The van der Waals surface area contributed by atoms with Gasteiger partial charge >= 0.3 is 0 Å². The minimum Gasteiger partial charge on any atom is -0.497 e. The van der Waals surface area contributed by atoms with Crippen molar-refractivity contribution in [3.63, 3.8) is 0 Å². The molecule has 1 heterocycles. The molecular weight excluding hydrogens is 240 g/mol. The summed E-state index contributed by atoms with van der Waals surface area (Å²) in [7, 11) is 5.72. The second-order valence-corrected chi connectivity index (χ2v) is 4.71. The second-order valence-electron chi connectivity index (χ2n) is 4.71. The molecule has 1 aromatic heterocycles. The van der Waals surface area contributed by atoms with Crippen molar-refractivity contribution >= 4 is 5.82 Å². The summed E-state index contributed by atoms with van der Waals surface area (Å²) in [6.45, 7) is 1.69. The zero-order valence-corrected chi connectivity index (χ0v) is 11.6. The number of rotatable bonds is 5. The van der Waals surface area contributed by atoms with Crippen LogP contribution in [0.15, 0.2) is 30.3 Å². The lowest BCUT2D eigenvalue weighted by Gasteiger charge is -2.09. The Morgan fingerprint density at radius 1 is 1.32 bits per heavy atom. The third-order valence-electron chi connectivity index (χ3n) is 2.94. The number of anilines is 1. The van der Waals surface area contributed by atoms with Gasteiger partial charge in [-0.1, -0.05) is 12.1 Å². The first-order chi connectivity index (χ1) is 9.10. The van der Waals surface area contributed by atoms with Crippen molar-refractivity contribution in [1.82, 2.24) is 14.7 Å². The van der Waals surface area contributed by atoms with Crippen molar-refractivity contribution in [3.8, 4) is 17.0 Å². The molecule has 0 saturated heterocycles. The van der Waals surface area contributed by atoms with Crippen LogP contribution in [0.25, 0.3) is 11.3 Å². The molecule has 2 N–H and O–H groups in total. The first-order valence-corrected chi connectivity index (χ1v) is 6.22. The van der Waals surface area contributed by atoms with E-state index in [0.29, 0.717) is 5.82 Å². The summed E-state index contributed by atoms with van der Waals surface area (Å²) in [5, 5.41) is 4.54. The molecule has 0 unspecified atom stereocenters. The number of benzene rings is 1. The molecule has 5 nitrogen and oxygen atoms in total. The molecule has 19 heavy (non-hydrogen) atoms. The van der Waals surface area contributed by atoms with E-state index in [0.717, 1.165) is 30.1 Å². The Bertz CT molecular complexity index is 548. The lowest BCUT2D eigenvalue weighted by Crippen LogP contribution is -2.19. The quantitative estimate of drug-likeness (QED) is 0.889. The third-order valence-corrected chi connectivity index (χ3v) is 2.94. The Balaban J connectivity index is 2.23. The Kier molecular flexibility index (Phi) is 4.06. The molecule has 2 rings (SSSR count). The molecular formula is C14H20N4O. The summed E-state index contributed by atoms with van der Waals surface area (Å²) in [5.74, 6) is 1.50. The van der Waals surface area contributed by atoms with Crippen LogP contribution < -0.4 is 10.5 Å². The molecule has 5 heteroatoms. The number of hydrogen-bond donors (Lipinski definition) is 1. The van der Waals surface area contributed by atoms with Crippen LogP contribution in [0.3, 0.4) is 0 Å². The van der Waals surface area contributed by atoms with Gasteiger partial charge in [0.1, 0.15) is 11.6 Å². The maximum absolute atomic E-state index is 5.99. The smallest absolute Gasteiger partial charge is 0.122 e. The van der Waals surface area contributed by atoms with Gasteiger partial charge in [-0.2, -0.15) is 5.10 Å². The zero-order chi connectivity index (χ0) is 13.8. The van der Waals surface area contributed by atoms with Gasteiger partial charge in [-0.25, -0.2) is 4.68 Å². The number of nitrogens with two attached hydrogens (primary N) is 1. The maximum Gasteiger partial charge on any atom is 0.122 e. The molecule has 0 aliphatic heterocycles. The Morgan fingerprint density at radius 2 is 2.11 bits per heavy atom. The average Bonchev–Trinajstić information content (AvgIpc) is 2.78. The Labute approximate surface area is 113 Å². The SMILES string of the molecule is COc1cccc(-c2cc(N)n(CCN(C)C)n2)c1. The fraction of sp³-hybridized carbons (Fsp3) is 0.357. The van der Waals surface area contributed by atoms with E-state index in [2.05, 4.69) is 10.00 Å². The average molecular weight is 260 g/mol. The molecule has 2 aromatic rings. The summed E-state index contributed by atoms with van der Waals surface area (Å²) in [6.07, 6.45) is 0. The summed E-state index contributed by atoms with van der Waals surface area (Å²) in [4.78, 5) is 2.10. The first kappa shape index (κ1) is 13.4. The molecule has 0 spiro atoms. The summed E-state index contributed by atoms with van der Waals surface area (Å²) >= 11 is 0. The number of nitrogen functional groups attached to an aromatic ring is 1. The number of nitrogens with zero attached hydrogens (tertiary/aromatic N) is 3. The van der Waals surface area contributed by atoms with E-state index >= 15 is 0 Å². The summed E-state index contributed by atoms with van der Waals surface area (Å²) in [5.41, 5.74) is 7.87. The first-order valence-electron chi connectivity index (χ1n) is 6.22. The molecule has 0 fully saturated rings. The van der Waals surface area contributed by atoms with E-state index in [1.165, 1.54) is 0 Å². The minimum atomic E-state index is 0.680. The zero-order valence-electron chi connectivity index (χ0n) is 11.6. The van der Waals surface area contributed by atoms with E-state index in [4.69, 9.17) is 10.5 Å². The molecule has 0 radical (unpaired) electrons. The predicted molar refractivity (Wildman–Crippen MR) is 77.2 cm³/mol. The van der Waals surface area contributed by atoms with Gasteiger partial charge in [0, 0.05) is 18.2 Å². The fourth-order valence-corrected chi connectivity index (χ4v) is 1.83. The molecule has 0 bridgehead atoms. The number of methoxy groups -OCH3 is 1. The van der Waals surface area contributed by atoms with Gasteiger partial charge in [-0.05, 0) is 26.2 Å². The topological polar surface area (TPSA) is 56.3 Å². The van der Waals surface area contributed by atoms with Crippen LogP contribution in [-0.2, 0) is 6.54 Å². The third kappa shape index (κ3) is 3.26. The lowest BCUT2D eigenvalue weighted by atomic mass is 10.1. The highest BCUT2D eigenvalue weighted by Crippen LogP contribution is 2.24. The van der Waals surface area contributed by atoms with Gasteiger partial charge in [0.15, 0.2) is 0 Å². The summed E-state index contributed by atoms with van der Waals surface area (Å²) < 4.78 is 7.05. The standard InChI is InChI=1S/C14H20N4O/c1-17(2)7-8-18-14(15)10-13(16-18)11-5-4-6-12(9-11)19-3/h4-6,9-10H,7-8,15H2,1-3H3. The van der Waals surface area contributed by atoms with Crippen LogP contribution in [-0.4, -0.2) is 42.4 Å². The number of aromatic nitrogens is 2. The minimum absolute atomic E-state index is 0.680. The number of likely N-dealkylation sites (N-methyl/N-ethyl adjacent to an activating group) is 1. The molecule has 0 amide bonds. The van der Waals surface area contributed by atoms with Crippen molar-refractivity contribution in [2.75, 3.05) is 33.5 Å². The van der Waals surface area contributed by atoms with Crippen LogP contribution in [0.1, 0.15) is 0 Å². The van der Waals surface area contributed by atoms with Crippen molar-refractivity contribution in [2.45, 2.75) is 6.54 Å². The van der Waals surface area contributed by atoms with Gasteiger partial charge in [-0.3, -0.25) is 0 Å². The molecule has 0 saturated carbocycles. The van der Waals surface area contributed by atoms with Gasteiger partial charge in [0.05, 0.1) is 19.3 Å².